The number of rotatable bonds is 8. The number of nitrogens with zero attached hydrogens (tertiary/aromatic N) is 5. The van der Waals surface area contributed by atoms with Crippen LogP contribution in [0, 0.1) is 25.2 Å². The van der Waals surface area contributed by atoms with Crippen LogP contribution in [0.2, 0.25) is 0 Å². The highest BCUT2D eigenvalue weighted by Gasteiger charge is 2.26. The number of aryl methyl sites for hydroxylation is 3. The molecule has 0 aromatic heterocycles. The van der Waals surface area contributed by atoms with Crippen molar-refractivity contribution in [2.75, 3.05) is 68.7 Å². The minimum atomic E-state index is 0.137. The van der Waals surface area contributed by atoms with Crippen LogP contribution in [0.1, 0.15) is 44.6 Å². The number of amides is 1. The smallest absolute Gasteiger partial charge is 0.254 e. The summed E-state index contributed by atoms with van der Waals surface area (Å²) in [7, 11) is 0. The zero-order valence-electron chi connectivity index (χ0n) is 24.5. The molecule has 0 bridgehead atoms. The minimum absolute atomic E-state index is 0.137. The quantitative estimate of drug-likeness (QED) is 0.449. The maximum absolute atomic E-state index is 13.7. The molecule has 0 saturated carbocycles. The number of piperazine rings is 2. The van der Waals surface area contributed by atoms with Crippen LogP contribution >= 0.6 is 0 Å². The monoisotopic (exact) mass is 550 g/mol. The summed E-state index contributed by atoms with van der Waals surface area (Å²) in [5, 5.41) is 9.49. The van der Waals surface area contributed by atoms with Crippen LogP contribution in [0.3, 0.4) is 0 Å². The number of para-hydroxylation sites is 2. The van der Waals surface area contributed by atoms with Crippen molar-refractivity contribution in [2.45, 2.75) is 33.2 Å². The normalized spacial score (nSPS) is 16.1. The zero-order valence-corrected chi connectivity index (χ0v) is 24.5. The number of hydrogen-bond acceptors (Lipinski definition) is 6. The number of benzene rings is 3. The van der Waals surface area contributed by atoms with Gasteiger partial charge < -0.3 is 20.4 Å². The van der Waals surface area contributed by atoms with Gasteiger partial charge in [0.15, 0.2) is 0 Å². The van der Waals surface area contributed by atoms with Gasteiger partial charge in [0.1, 0.15) is 6.07 Å². The largest absolute Gasteiger partial charge is 0.368 e. The highest BCUT2D eigenvalue weighted by Crippen LogP contribution is 2.26. The van der Waals surface area contributed by atoms with Gasteiger partial charge in [0.25, 0.3) is 5.91 Å². The molecule has 0 aliphatic carbocycles. The summed E-state index contributed by atoms with van der Waals surface area (Å²) in [6.07, 6.45) is 1.97. The van der Waals surface area contributed by atoms with Gasteiger partial charge in [-0.15, -0.1) is 0 Å². The Morgan fingerprint density at radius 3 is 2.15 bits per heavy atom. The summed E-state index contributed by atoms with van der Waals surface area (Å²) >= 11 is 0. The SMILES string of the molecule is Cc1cc(C)c(C(=O)N2CCN(c3ccccc3CCCN)CC2)cc1CN1CCN(c2ccccc2C#N)CC1. The lowest BCUT2D eigenvalue weighted by atomic mass is 9.98. The maximum atomic E-state index is 13.7. The second kappa shape index (κ2) is 13.2. The van der Waals surface area contributed by atoms with Crippen LogP contribution in [0.15, 0.2) is 60.7 Å². The van der Waals surface area contributed by atoms with Crippen LogP contribution in [-0.4, -0.2) is 74.6 Å². The molecule has 2 aliphatic heterocycles. The first-order chi connectivity index (χ1) is 20.0. The Balaban J connectivity index is 1.21. The van der Waals surface area contributed by atoms with E-state index in [-0.39, 0.29) is 5.91 Å². The van der Waals surface area contributed by atoms with Gasteiger partial charge in [0.05, 0.1) is 11.3 Å². The van der Waals surface area contributed by atoms with Crippen molar-refractivity contribution in [3.8, 4) is 6.07 Å². The zero-order chi connectivity index (χ0) is 28.8. The highest BCUT2D eigenvalue weighted by molar-refractivity contribution is 5.96. The molecule has 2 heterocycles. The molecule has 0 radical (unpaired) electrons. The second-order valence-corrected chi connectivity index (χ2v) is 11.3. The number of nitrogens with two attached hydrogens (primary N) is 1. The van der Waals surface area contributed by atoms with Crippen molar-refractivity contribution in [1.29, 1.82) is 5.26 Å². The van der Waals surface area contributed by atoms with Gasteiger partial charge in [-0.1, -0.05) is 36.4 Å². The van der Waals surface area contributed by atoms with E-state index in [1.165, 1.54) is 22.4 Å². The number of nitriles is 1. The first-order valence-corrected chi connectivity index (χ1v) is 14.9. The van der Waals surface area contributed by atoms with Crippen LogP contribution in [-0.2, 0) is 13.0 Å². The molecule has 0 spiro atoms. The number of anilines is 2. The summed E-state index contributed by atoms with van der Waals surface area (Å²) < 4.78 is 0. The fourth-order valence-electron chi connectivity index (χ4n) is 6.17. The van der Waals surface area contributed by atoms with E-state index in [4.69, 9.17) is 5.73 Å². The van der Waals surface area contributed by atoms with Gasteiger partial charge in [0, 0.05) is 70.2 Å². The predicted molar refractivity (Wildman–Crippen MR) is 166 cm³/mol. The van der Waals surface area contributed by atoms with E-state index < -0.39 is 0 Å². The molecular weight excluding hydrogens is 508 g/mol. The number of carbonyl (C=O) groups excluding carboxylic acids is 1. The van der Waals surface area contributed by atoms with Crippen LogP contribution in [0.25, 0.3) is 0 Å². The molecule has 7 heteroatoms. The average Bonchev–Trinajstić information content (AvgIpc) is 3.01. The summed E-state index contributed by atoms with van der Waals surface area (Å²) in [6.45, 7) is 12.5. The Morgan fingerprint density at radius 2 is 1.44 bits per heavy atom. The molecule has 2 N–H and O–H groups in total. The molecule has 41 heavy (non-hydrogen) atoms. The maximum Gasteiger partial charge on any atom is 0.254 e. The molecule has 2 saturated heterocycles. The van der Waals surface area contributed by atoms with Crippen molar-refractivity contribution < 1.29 is 4.79 Å². The minimum Gasteiger partial charge on any atom is -0.368 e. The third-order valence-electron chi connectivity index (χ3n) is 8.59. The Morgan fingerprint density at radius 1 is 0.805 bits per heavy atom. The molecule has 214 valence electrons. The molecule has 0 unspecified atom stereocenters. The van der Waals surface area contributed by atoms with E-state index in [1.807, 2.05) is 29.2 Å². The van der Waals surface area contributed by atoms with E-state index in [1.54, 1.807) is 0 Å². The highest BCUT2D eigenvalue weighted by atomic mass is 16.2. The standard InChI is InChI=1S/C34H42N6O/c1-26-22-27(2)31(23-30(26)25-37-14-16-38(17-15-37)33-12-6-4-9-29(33)24-36)34(41)40-20-18-39(19-21-40)32-11-5-3-8-28(32)10-7-13-35/h3-6,8-9,11-12,22-23H,7,10,13-21,25,35H2,1-2H3. The summed E-state index contributed by atoms with van der Waals surface area (Å²) in [4.78, 5) is 22.9. The van der Waals surface area contributed by atoms with Crippen molar-refractivity contribution in [3.63, 3.8) is 0 Å². The summed E-state index contributed by atoms with van der Waals surface area (Å²) in [5.74, 6) is 0.137. The van der Waals surface area contributed by atoms with Crippen LogP contribution < -0.4 is 15.5 Å². The molecule has 1 amide bonds. The third-order valence-corrected chi connectivity index (χ3v) is 8.59. The lowest BCUT2D eigenvalue weighted by Gasteiger charge is -2.38. The number of carbonyl (C=O) groups is 1. The summed E-state index contributed by atoms with van der Waals surface area (Å²) in [6, 6.07) is 23.1. The Kier molecular flexibility index (Phi) is 9.23. The molecule has 7 nitrogen and oxygen atoms in total. The molecule has 0 atom stereocenters. The van der Waals surface area contributed by atoms with Gasteiger partial charge in [-0.05, 0) is 79.8 Å². The van der Waals surface area contributed by atoms with Gasteiger partial charge in [-0.25, -0.2) is 0 Å². The fourth-order valence-corrected chi connectivity index (χ4v) is 6.17. The fraction of sp³-hybridized carbons (Fsp3) is 0.412. The molecular formula is C34H42N6O. The lowest BCUT2D eigenvalue weighted by Crippen LogP contribution is -2.49. The van der Waals surface area contributed by atoms with Gasteiger partial charge in [0.2, 0.25) is 0 Å². The first kappa shape index (κ1) is 28.7. The third kappa shape index (κ3) is 6.56. The number of hydrogen-bond donors (Lipinski definition) is 1. The first-order valence-electron chi connectivity index (χ1n) is 14.9. The van der Waals surface area contributed by atoms with Gasteiger partial charge in [-0.3, -0.25) is 9.69 Å². The van der Waals surface area contributed by atoms with Crippen molar-refractivity contribution in [2.24, 2.45) is 5.73 Å². The molecule has 5 rings (SSSR count). The van der Waals surface area contributed by atoms with Gasteiger partial charge >= 0.3 is 0 Å². The van der Waals surface area contributed by atoms with E-state index in [9.17, 15) is 10.1 Å². The van der Waals surface area contributed by atoms with E-state index >= 15 is 0 Å². The van der Waals surface area contributed by atoms with Crippen molar-refractivity contribution in [3.05, 3.63) is 94.0 Å². The summed E-state index contributed by atoms with van der Waals surface area (Å²) in [5.41, 5.74) is 14.4. The Hall–Kier alpha value is -3.86. The predicted octanol–water partition coefficient (Wildman–Crippen LogP) is 4.35. The van der Waals surface area contributed by atoms with Gasteiger partial charge in [-0.2, -0.15) is 5.26 Å². The average molecular weight is 551 g/mol. The lowest BCUT2D eigenvalue weighted by molar-refractivity contribution is 0.0745. The van der Waals surface area contributed by atoms with Crippen LogP contribution in [0.5, 0.6) is 0 Å². The Labute approximate surface area is 244 Å². The van der Waals surface area contributed by atoms with Crippen molar-refractivity contribution >= 4 is 17.3 Å². The topological polar surface area (TPSA) is 79.8 Å². The van der Waals surface area contributed by atoms with E-state index in [0.717, 1.165) is 94.1 Å². The molecule has 3 aromatic rings. The molecule has 2 aliphatic rings. The Bertz CT molecular complexity index is 1400. The molecule has 3 aromatic carbocycles. The van der Waals surface area contributed by atoms with Crippen LogP contribution in [0.4, 0.5) is 11.4 Å². The van der Waals surface area contributed by atoms with E-state index in [0.29, 0.717) is 6.54 Å². The van der Waals surface area contributed by atoms with E-state index in [2.05, 4.69) is 71.0 Å². The second-order valence-electron chi connectivity index (χ2n) is 11.3. The molecule has 2 fully saturated rings. The van der Waals surface area contributed by atoms with Crippen molar-refractivity contribution in [1.82, 2.24) is 9.80 Å².